The number of carbonyl (C=O) groups is 2. The first-order valence-corrected chi connectivity index (χ1v) is 11.4. The third-order valence-corrected chi connectivity index (χ3v) is 6.00. The number of nitrogens with zero attached hydrogens (tertiary/aromatic N) is 2. The molecule has 0 radical (unpaired) electrons. The predicted molar refractivity (Wildman–Crippen MR) is 120 cm³/mol. The zero-order valence-corrected chi connectivity index (χ0v) is 19.4. The zero-order chi connectivity index (χ0) is 23.6. The van der Waals surface area contributed by atoms with Crippen molar-refractivity contribution in [3.8, 4) is 0 Å². The summed E-state index contributed by atoms with van der Waals surface area (Å²) in [6.07, 6.45) is 14.1. The molecule has 0 saturated carbocycles. The summed E-state index contributed by atoms with van der Waals surface area (Å²) < 4.78 is 22.3. The van der Waals surface area contributed by atoms with Gasteiger partial charge in [-0.05, 0) is 44.4 Å². The highest BCUT2D eigenvalue weighted by molar-refractivity contribution is 5.87. The van der Waals surface area contributed by atoms with Crippen LogP contribution < -0.4 is 0 Å². The molecule has 1 aliphatic heterocycles. The van der Waals surface area contributed by atoms with Crippen LogP contribution in [0.5, 0.6) is 0 Å². The van der Waals surface area contributed by atoms with Gasteiger partial charge in [-0.25, -0.2) is 19.6 Å². The molecule has 8 heteroatoms. The van der Waals surface area contributed by atoms with E-state index in [1.54, 1.807) is 25.4 Å². The summed E-state index contributed by atoms with van der Waals surface area (Å²) in [7, 11) is 0. The van der Waals surface area contributed by atoms with Crippen molar-refractivity contribution < 1.29 is 27.9 Å². The van der Waals surface area contributed by atoms with Crippen molar-refractivity contribution in [2.45, 2.75) is 71.5 Å². The van der Waals surface area contributed by atoms with E-state index in [2.05, 4.69) is 9.97 Å². The largest absolute Gasteiger partial charge is 0.458 e. The van der Waals surface area contributed by atoms with Crippen LogP contribution in [0.2, 0.25) is 0 Å². The van der Waals surface area contributed by atoms with Gasteiger partial charge in [-0.15, -0.1) is 0 Å². The number of aromatic nitrogens is 2. The van der Waals surface area contributed by atoms with E-state index in [0.717, 1.165) is 12.8 Å². The van der Waals surface area contributed by atoms with E-state index in [1.807, 2.05) is 19.9 Å². The molecule has 178 valence electrons. The van der Waals surface area contributed by atoms with Crippen LogP contribution in [0.3, 0.4) is 0 Å². The number of allylic oxidation sites excluding steroid dienone is 2. The lowest BCUT2D eigenvalue weighted by Gasteiger charge is -2.24. The third-order valence-electron chi connectivity index (χ3n) is 6.00. The van der Waals surface area contributed by atoms with Crippen molar-refractivity contribution in [3.05, 3.63) is 60.5 Å². The maximum absolute atomic E-state index is 12.8. The Morgan fingerprint density at radius 3 is 2.03 bits per heavy atom. The van der Waals surface area contributed by atoms with E-state index in [-0.39, 0.29) is 36.0 Å². The maximum atomic E-state index is 12.8. The molecule has 0 fully saturated rings. The van der Waals surface area contributed by atoms with Gasteiger partial charge in [0.1, 0.15) is 23.7 Å². The summed E-state index contributed by atoms with van der Waals surface area (Å²) in [5, 5.41) is 0. The SMILES string of the molecule is C/C1=C\CC[C@H](C)[C@H](Cc2cnco2)OC(=O)/C=C/CC[C@H](C)[C@H](Cc2cnco2)OC1=O. The summed E-state index contributed by atoms with van der Waals surface area (Å²) in [6.45, 7) is 5.82. The molecule has 0 amide bonds. The Morgan fingerprint density at radius 1 is 0.879 bits per heavy atom. The van der Waals surface area contributed by atoms with Gasteiger partial charge in [-0.3, -0.25) is 0 Å². The van der Waals surface area contributed by atoms with Gasteiger partial charge >= 0.3 is 11.9 Å². The van der Waals surface area contributed by atoms with Crippen LogP contribution in [0.15, 0.2) is 57.8 Å². The average Bonchev–Trinajstić information content (AvgIpc) is 3.49. The quantitative estimate of drug-likeness (QED) is 0.614. The summed E-state index contributed by atoms with van der Waals surface area (Å²) in [4.78, 5) is 33.1. The lowest BCUT2D eigenvalue weighted by molar-refractivity contribution is -0.147. The molecule has 0 saturated heterocycles. The third kappa shape index (κ3) is 7.73. The van der Waals surface area contributed by atoms with Crippen molar-refractivity contribution in [1.29, 1.82) is 0 Å². The maximum Gasteiger partial charge on any atom is 0.333 e. The molecule has 4 atom stereocenters. The molecule has 0 bridgehead atoms. The van der Waals surface area contributed by atoms with Gasteiger partial charge in [0.2, 0.25) is 0 Å². The summed E-state index contributed by atoms with van der Waals surface area (Å²) >= 11 is 0. The van der Waals surface area contributed by atoms with E-state index in [1.165, 1.54) is 18.9 Å². The molecule has 0 spiro atoms. The summed E-state index contributed by atoms with van der Waals surface area (Å²) in [6, 6.07) is 0. The van der Waals surface area contributed by atoms with E-state index in [4.69, 9.17) is 18.3 Å². The van der Waals surface area contributed by atoms with Gasteiger partial charge < -0.3 is 18.3 Å². The Kier molecular flexibility index (Phi) is 9.04. The molecule has 1 aliphatic rings. The van der Waals surface area contributed by atoms with Gasteiger partial charge in [-0.2, -0.15) is 0 Å². The molecule has 0 N–H and O–H groups in total. The molecule has 0 aromatic carbocycles. The minimum absolute atomic E-state index is 0.0552. The minimum Gasteiger partial charge on any atom is -0.458 e. The topological polar surface area (TPSA) is 105 Å². The van der Waals surface area contributed by atoms with Crippen LogP contribution in [0.1, 0.15) is 58.0 Å². The van der Waals surface area contributed by atoms with Crippen molar-refractivity contribution in [3.63, 3.8) is 0 Å². The molecule has 33 heavy (non-hydrogen) atoms. The van der Waals surface area contributed by atoms with Crippen LogP contribution in [0.25, 0.3) is 0 Å². The second-order valence-corrected chi connectivity index (χ2v) is 8.66. The number of cyclic esters (lactones) is 2. The van der Waals surface area contributed by atoms with Crippen LogP contribution in [0.4, 0.5) is 0 Å². The normalized spacial score (nSPS) is 28.4. The van der Waals surface area contributed by atoms with Gasteiger partial charge in [-0.1, -0.05) is 26.0 Å². The molecule has 8 nitrogen and oxygen atoms in total. The first-order chi connectivity index (χ1) is 15.9. The fourth-order valence-electron chi connectivity index (χ4n) is 3.78. The Morgan fingerprint density at radius 2 is 1.45 bits per heavy atom. The molecule has 0 aliphatic carbocycles. The van der Waals surface area contributed by atoms with Crippen molar-refractivity contribution in [2.24, 2.45) is 11.8 Å². The molecule has 2 aromatic heterocycles. The Hall–Kier alpha value is -3.16. The highest BCUT2D eigenvalue weighted by Gasteiger charge is 2.25. The summed E-state index contributed by atoms with van der Waals surface area (Å²) in [5.41, 5.74) is 0.563. The fourth-order valence-corrected chi connectivity index (χ4v) is 3.78. The van der Waals surface area contributed by atoms with Crippen LogP contribution >= 0.6 is 0 Å². The molecule has 3 heterocycles. The van der Waals surface area contributed by atoms with Crippen molar-refractivity contribution in [2.75, 3.05) is 0 Å². The minimum atomic E-state index is -0.373. The number of esters is 2. The lowest BCUT2D eigenvalue weighted by atomic mass is 9.94. The monoisotopic (exact) mass is 456 g/mol. The number of carbonyl (C=O) groups excluding carboxylic acids is 2. The van der Waals surface area contributed by atoms with E-state index in [0.29, 0.717) is 42.8 Å². The number of ether oxygens (including phenoxy) is 2. The zero-order valence-electron chi connectivity index (χ0n) is 19.4. The highest BCUT2D eigenvalue weighted by Crippen LogP contribution is 2.23. The standard InChI is InChI=1S/C25H32N2O6/c1-17-7-4-5-10-24(28)32-22(11-20-13-26-15-30-20)18(2)8-6-9-19(3)25(29)33-23(17)12-21-14-27-16-31-21/h5,9-10,13-18,22-23H,4,6-8,11-12H2,1-3H3/b10-5+,19-9+/t17-,18-,22-,23-/m0/s1. The number of hydrogen-bond donors (Lipinski definition) is 0. The van der Waals surface area contributed by atoms with Gasteiger partial charge in [0.05, 0.1) is 12.4 Å². The number of rotatable bonds is 4. The second kappa shape index (κ2) is 12.2. The van der Waals surface area contributed by atoms with Crippen LogP contribution in [-0.2, 0) is 31.9 Å². The molecule has 3 rings (SSSR count). The Bertz CT molecular complexity index is 932. The number of oxazole rings is 2. The molecular formula is C25H32N2O6. The fraction of sp³-hybridized carbons (Fsp3) is 0.520. The second-order valence-electron chi connectivity index (χ2n) is 8.66. The lowest BCUT2D eigenvalue weighted by Crippen LogP contribution is -2.28. The van der Waals surface area contributed by atoms with E-state index >= 15 is 0 Å². The smallest absolute Gasteiger partial charge is 0.333 e. The van der Waals surface area contributed by atoms with Crippen molar-refractivity contribution in [1.82, 2.24) is 9.97 Å². The van der Waals surface area contributed by atoms with E-state index < -0.39 is 0 Å². The number of hydrogen-bond acceptors (Lipinski definition) is 8. The van der Waals surface area contributed by atoms with Crippen molar-refractivity contribution >= 4 is 11.9 Å². The summed E-state index contributed by atoms with van der Waals surface area (Å²) in [5.74, 6) is 0.745. The van der Waals surface area contributed by atoms with E-state index in [9.17, 15) is 9.59 Å². The molecular weight excluding hydrogens is 424 g/mol. The van der Waals surface area contributed by atoms with Crippen LogP contribution in [0, 0.1) is 11.8 Å². The average molecular weight is 457 g/mol. The first-order valence-electron chi connectivity index (χ1n) is 11.4. The first kappa shape index (κ1) is 24.5. The van der Waals surface area contributed by atoms with Gasteiger partial charge in [0, 0.05) is 24.5 Å². The Labute approximate surface area is 194 Å². The Balaban J connectivity index is 1.73. The van der Waals surface area contributed by atoms with Crippen LogP contribution in [-0.4, -0.2) is 34.1 Å². The predicted octanol–water partition coefficient (Wildman–Crippen LogP) is 4.62. The molecule has 2 aromatic rings. The van der Waals surface area contributed by atoms with Gasteiger partial charge in [0.15, 0.2) is 12.8 Å². The highest BCUT2D eigenvalue weighted by atomic mass is 16.5. The van der Waals surface area contributed by atoms with Gasteiger partial charge in [0.25, 0.3) is 0 Å². The molecule has 0 unspecified atom stereocenters.